The van der Waals surface area contributed by atoms with Gasteiger partial charge >= 0.3 is 6.03 Å². The van der Waals surface area contributed by atoms with Gasteiger partial charge in [0.15, 0.2) is 5.13 Å². The highest BCUT2D eigenvalue weighted by Crippen LogP contribution is 2.20. The highest BCUT2D eigenvalue weighted by molar-refractivity contribution is 7.13. The van der Waals surface area contributed by atoms with Crippen LogP contribution in [0.25, 0.3) is 0 Å². The van der Waals surface area contributed by atoms with E-state index in [2.05, 4.69) is 29.0 Å². The van der Waals surface area contributed by atoms with Gasteiger partial charge in [-0.15, -0.1) is 11.3 Å². The summed E-state index contributed by atoms with van der Waals surface area (Å²) < 4.78 is 19.0. The number of anilines is 1. The zero-order valence-electron chi connectivity index (χ0n) is 14.0. The molecule has 2 atom stereocenters. The number of nitrogens with zero attached hydrogens (tertiary/aromatic N) is 3. The van der Waals surface area contributed by atoms with Crippen molar-refractivity contribution in [2.24, 2.45) is 0 Å². The molecule has 0 spiro atoms. The minimum atomic E-state index is -0.298. The van der Waals surface area contributed by atoms with Crippen molar-refractivity contribution in [2.75, 3.05) is 31.5 Å². The van der Waals surface area contributed by atoms with Gasteiger partial charge in [0, 0.05) is 31.6 Å². The highest BCUT2D eigenvalue weighted by Gasteiger charge is 2.23. The number of aromatic nitrogens is 1. The molecule has 0 radical (unpaired) electrons. The van der Waals surface area contributed by atoms with E-state index in [9.17, 15) is 9.18 Å². The third kappa shape index (κ3) is 4.52. The Kier molecular flexibility index (Phi) is 5.47. The molecule has 2 amide bonds. The molecule has 2 aliphatic rings. The first-order chi connectivity index (χ1) is 11.5. The highest BCUT2D eigenvalue weighted by atomic mass is 32.1. The SMILES string of the molecule is CC1CN(Cc2csc(NC(=O)N3CCC=C(F)C3)n2)CC(C)O1. The maximum absolute atomic E-state index is 13.3. The summed E-state index contributed by atoms with van der Waals surface area (Å²) in [6, 6.07) is -0.298. The quantitative estimate of drug-likeness (QED) is 0.907. The molecular weight excluding hydrogens is 331 g/mol. The molecule has 0 saturated carbocycles. The van der Waals surface area contributed by atoms with Crippen molar-refractivity contribution in [1.29, 1.82) is 0 Å². The second kappa shape index (κ2) is 7.58. The Morgan fingerprint density at radius 1 is 1.46 bits per heavy atom. The summed E-state index contributed by atoms with van der Waals surface area (Å²) in [5.41, 5.74) is 0.932. The summed E-state index contributed by atoms with van der Waals surface area (Å²) in [4.78, 5) is 20.4. The van der Waals surface area contributed by atoms with Gasteiger partial charge in [-0.1, -0.05) is 0 Å². The molecule has 2 unspecified atom stereocenters. The van der Waals surface area contributed by atoms with Gasteiger partial charge in [-0.3, -0.25) is 10.2 Å². The number of carbonyl (C=O) groups excluding carboxylic acids is 1. The number of carbonyl (C=O) groups is 1. The average molecular weight is 354 g/mol. The Morgan fingerprint density at radius 2 is 2.21 bits per heavy atom. The van der Waals surface area contributed by atoms with Gasteiger partial charge < -0.3 is 9.64 Å². The predicted molar refractivity (Wildman–Crippen MR) is 91.8 cm³/mol. The average Bonchev–Trinajstić information content (AvgIpc) is 2.93. The monoisotopic (exact) mass is 354 g/mol. The maximum atomic E-state index is 13.3. The molecule has 132 valence electrons. The van der Waals surface area contributed by atoms with Crippen molar-refractivity contribution < 1.29 is 13.9 Å². The van der Waals surface area contributed by atoms with Gasteiger partial charge in [-0.2, -0.15) is 0 Å². The lowest BCUT2D eigenvalue weighted by Gasteiger charge is -2.34. The van der Waals surface area contributed by atoms with Crippen LogP contribution in [-0.2, 0) is 11.3 Å². The van der Waals surface area contributed by atoms with Crippen LogP contribution in [0.5, 0.6) is 0 Å². The first-order valence-electron chi connectivity index (χ1n) is 8.22. The first-order valence-corrected chi connectivity index (χ1v) is 9.10. The van der Waals surface area contributed by atoms with E-state index in [0.717, 1.165) is 25.3 Å². The Morgan fingerprint density at radius 3 is 2.92 bits per heavy atom. The number of amides is 2. The van der Waals surface area contributed by atoms with Gasteiger partial charge in [0.05, 0.1) is 24.4 Å². The third-order valence-corrected chi connectivity index (χ3v) is 4.85. The molecule has 8 heteroatoms. The lowest BCUT2D eigenvalue weighted by atomic mass is 10.2. The Balaban J connectivity index is 1.53. The smallest absolute Gasteiger partial charge is 0.324 e. The molecule has 1 N–H and O–H groups in total. The van der Waals surface area contributed by atoms with E-state index < -0.39 is 0 Å². The molecule has 0 aliphatic carbocycles. The van der Waals surface area contributed by atoms with Crippen LogP contribution in [0.4, 0.5) is 14.3 Å². The van der Waals surface area contributed by atoms with Crippen LogP contribution in [0, 0.1) is 0 Å². The molecule has 3 rings (SSSR count). The van der Waals surface area contributed by atoms with Crippen LogP contribution in [0.3, 0.4) is 0 Å². The van der Waals surface area contributed by atoms with Gasteiger partial charge in [0.1, 0.15) is 5.83 Å². The Labute approximate surface area is 145 Å². The van der Waals surface area contributed by atoms with E-state index in [1.54, 1.807) is 0 Å². The third-order valence-electron chi connectivity index (χ3n) is 4.04. The molecule has 2 aliphatic heterocycles. The normalized spacial score (nSPS) is 25.5. The summed E-state index contributed by atoms with van der Waals surface area (Å²) in [5, 5.41) is 5.28. The van der Waals surface area contributed by atoms with Crippen molar-refractivity contribution in [3.8, 4) is 0 Å². The minimum Gasteiger partial charge on any atom is -0.373 e. The minimum absolute atomic E-state index is 0.0353. The number of hydrogen-bond acceptors (Lipinski definition) is 5. The Hall–Kier alpha value is -1.51. The largest absolute Gasteiger partial charge is 0.373 e. The number of hydrogen-bond donors (Lipinski definition) is 1. The lowest BCUT2D eigenvalue weighted by Crippen LogP contribution is -2.44. The van der Waals surface area contributed by atoms with Crippen molar-refractivity contribution in [3.05, 3.63) is 23.0 Å². The standard InChI is InChI=1S/C16H23FN4O2S/c1-11-6-20(7-12(2)23-11)9-14-10-24-15(18-14)19-16(22)21-5-3-4-13(17)8-21/h4,10-12H,3,5-9H2,1-2H3,(H,18,19,22). The predicted octanol–water partition coefficient (Wildman–Crippen LogP) is 2.84. The number of nitrogens with one attached hydrogen (secondary N) is 1. The molecular formula is C16H23FN4O2S. The van der Waals surface area contributed by atoms with E-state index in [0.29, 0.717) is 18.1 Å². The Bertz CT molecular complexity index is 611. The number of rotatable bonds is 3. The number of morpholine rings is 1. The molecule has 1 fully saturated rings. The molecule has 0 bridgehead atoms. The summed E-state index contributed by atoms with van der Waals surface area (Å²) in [5.74, 6) is -0.258. The molecule has 1 aromatic rings. The summed E-state index contributed by atoms with van der Waals surface area (Å²) in [6.07, 6.45) is 2.51. The van der Waals surface area contributed by atoms with Crippen LogP contribution >= 0.6 is 11.3 Å². The number of thiazole rings is 1. The number of halogens is 1. The zero-order chi connectivity index (χ0) is 17.1. The van der Waals surface area contributed by atoms with Crippen molar-refractivity contribution in [3.63, 3.8) is 0 Å². The van der Waals surface area contributed by atoms with Crippen molar-refractivity contribution in [1.82, 2.24) is 14.8 Å². The second-order valence-electron chi connectivity index (χ2n) is 6.39. The summed E-state index contributed by atoms with van der Waals surface area (Å²) in [6.45, 7) is 7.20. The lowest BCUT2D eigenvalue weighted by molar-refractivity contribution is -0.0707. The number of urea groups is 1. The van der Waals surface area contributed by atoms with Gasteiger partial charge in [-0.25, -0.2) is 14.2 Å². The molecule has 6 nitrogen and oxygen atoms in total. The first kappa shape index (κ1) is 17.3. The van der Waals surface area contributed by atoms with Crippen LogP contribution in [0.1, 0.15) is 26.0 Å². The van der Waals surface area contributed by atoms with Crippen LogP contribution in [-0.4, -0.2) is 59.2 Å². The molecule has 1 saturated heterocycles. The van der Waals surface area contributed by atoms with Crippen LogP contribution < -0.4 is 5.32 Å². The fourth-order valence-electron chi connectivity index (χ4n) is 3.13. The fraction of sp³-hybridized carbons (Fsp3) is 0.625. The summed E-state index contributed by atoms with van der Waals surface area (Å²) in [7, 11) is 0. The zero-order valence-corrected chi connectivity index (χ0v) is 14.8. The van der Waals surface area contributed by atoms with E-state index >= 15 is 0 Å². The number of ether oxygens (including phenoxy) is 1. The van der Waals surface area contributed by atoms with Crippen LogP contribution in [0.15, 0.2) is 17.3 Å². The van der Waals surface area contributed by atoms with Gasteiger partial charge in [0.2, 0.25) is 0 Å². The van der Waals surface area contributed by atoms with E-state index in [1.807, 2.05) is 5.38 Å². The van der Waals surface area contributed by atoms with E-state index in [1.165, 1.54) is 22.3 Å². The van der Waals surface area contributed by atoms with Gasteiger partial charge in [-0.05, 0) is 26.3 Å². The van der Waals surface area contributed by atoms with E-state index in [-0.39, 0.29) is 30.6 Å². The summed E-state index contributed by atoms with van der Waals surface area (Å²) >= 11 is 1.40. The maximum Gasteiger partial charge on any atom is 0.324 e. The van der Waals surface area contributed by atoms with Gasteiger partial charge in [0.25, 0.3) is 0 Å². The van der Waals surface area contributed by atoms with Crippen molar-refractivity contribution >= 4 is 22.5 Å². The molecule has 1 aromatic heterocycles. The second-order valence-corrected chi connectivity index (χ2v) is 7.24. The molecule has 24 heavy (non-hydrogen) atoms. The molecule has 3 heterocycles. The van der Waals surface area contributed by atoms with Crippen LogP contribution in [0.2, 0.25) is 0 Å². The fourth-order valence-corrected chi connectivity index (χ4v) is 3.82. The topological polar surface area (TPSA) is 57.7 Å². The molecule has 0 aromatic carbocycles. The van der Waals surface area contributed by atoms with E-state index in [4.69, 9.17) is 4.74 Å². The van der Waals surface area contributed by atoms with Crippen molar-refractivity contribution in [2.45, 2.75) is 39.0 Å².